The Bertz CT molecular complexity index is 419. The van der Waals surface area contributed by atoms with Gasteiger partial charge in [-0.05, 0) is 22.4 Å². The minimum atomic E-state index is -0.659. The lowest BCUT2D eigenvalue weighted by Gasteiger charge is -2.09. The van der Waals surface area contributed by atoms with Crippen molar-refractivity contribution in [3.63, 3.8) is 0 Å². The van der Waals surface area contributed by atoms with Crippen molar-refractivity contribution in [2.75, 3.05) is 0 Å². The molecule has 4 nitrogen and oxygen atoms in total. The number of halogens is 1. The number of ketones is 1. The van der Waals surface area contributed by atoms with E-state index in [0.29, 0.717) is 16.7 Å². The summed E-state index contributed by atoms with van der Waals surface area (Å²) in [6.07, 6.45) is 7.88. The smallest absolute Gasteiger partial charge is 0.199 e. The van der Waals surface area contributed by atoms with Gasteiger partial charge in [0.1, 0.15) is 5.69 Å². The van der Waals surface area contributed by atoms with Crippen molar-refractivity contribution in [2.24, 2.45) is 5.73 Å². The monoisotopic (exact) mass is 283 g/mol. The summed E-state index contributed by atoms with van der Waals surface area (Å²) in [5, 5.41) is 4.11. The number of aromatic nitrogens is 2. The summed E-state index contributed by atoms with van der Waals surface area (Å²) in [7, 11) is 0. The van der Waals surface area contributed by atoms with Gasteiger partial charge in [0.15, 0.2) is 5.78 Å². The van der Waals surface area contributed by atoms with Crippen LogP contribution in [0.3, 0.4) is 0 Å². The van der Waals surface area contributed by atoms with Crippen LogP contribution in [0.25, 0.3) is 0 Å². The van der Waals surface area contributed by atoms with Crippen LogP contribution in [0.2, 0.25) is 0 Å². The van der Waals surface area contributed by atoms with E-state index in [1.165, 1.54) is 0 Å². The molecule has 0 aliphatic heterocycles. The van der Waals surface area contributed by atoms with E-state index < -0.39 is 6.04 Å². The maximum absolute atomic E-state index is 12.0. The summed E-state index contributed by atoms with van der Waals surface area (Å²) >= 11 is 3.30. The quantitative estimate of drug-likeness (QED) is 0.659. The van der Waals surface area contributed by atoms with E-state index in [4.69, 9.17) is 12.2 Å². The van der Waals surface area contributed by atoms with Gasteiger partial charge >= 0.3 is 0 Å². The van der Waals surface area contributed by atoms with Crippen LogP contribution >= 0.6 is 15.9 Å². The van der Waals surface area contributed by atoms with Gasteiger partial charge in [0.25, 0.3) is 0 Å². The number of nitrogens with two attached hydrogens (primary N) is 1. The highest BCUT2D eigenvalue weighted by atomic mass is 79.9. The van der Waals surface area contributed by atoms with Crippen LogP contribution in [0, 0.1) is 12.3 Å². The van der Waals surface area contributed by atoms with Crippen LogP contribution < -0.4 is 5.73 Å². The summed E-state index contributed by atoms with van der Waals surface area (Å²) in [5.74, 6) is 2.22. The first-order chi connectivity index (χ1) is 7.61. The highest BCUT2D eigenvalue weighted by Crippen LogP contribution is 2.18. The molecule has 5 heteroatoms. The molecule has 1 aromatic rings. The van der Waals surface area contributed by atoms with Crippen LogP contribution in [0.1, 0.15) is 30.3 Å². The van der Waals surface area contributed by atoms with Crippen LogP contribution in [0.5, 0.6) is 0 Å². The van der Waals surface area contributed by atoms with Gasteiger partial charge in [-0.25, -0.2) is 0 Å². The molecule has 0 bridgehead atoms. The third-order valence-electron chi connectivity index (χ3n) is 2.14. The zero-order valence-electron chi connectivity index (χ0n) is 9.11. The molecule has 0 saturated carbocycles. The highest BCUT2D eigenvalue weighted by Gasteiger charge is 2.22. The number of hydrogen-bond donors (Lipinski definition) is 1. The van der Waals surface area contributed by atoms with E-state index >= 15 is 0 Å². The first-order valence-electron chi connectivity index (χ1n) is 5.06. The molecule has 1 heterocycles. The van der Waals surface area contributed by atoms with Gasteiger partial charge in [-0.15, -0.1) is 12.3 Å². The van der Waals surface area contributed by atoms with E-state index in [0.717, 1.165) is 6.42 Å². The Morgan fingerprint density at radius 1 is 1.81 bits per heavy atom. The standard InChI is InChI=1S/C11H14BrN3O/c1-3-5-9(13)11(16)10-8(12)7-14-15(10)6-4-2/h1,7,9H,4-6,13H2,2H3. The zero-order chi connectivity index (χ0) is 12.1. The molecule has 1 unspecified atom stereocenters. The molecule has 0 aliphatic carbocycles. The molecule has 0 aliphatic rings. The Morgan fingerprint density at radius 2 is 2.50 bits per heavy atom. The molecule has 0 spiro atoms. The maximum Gasteiger partial charge on any atom is 0.199 e. The second kappa shape index (κ2) is 5.83. The fourth-order valence-electron chi connectivity index (χ4n) is 1.38. The van der Waals surface area contributed by atoms with Gasteiger partial charge in [-0.1, -0.05) is 6.92 Å². The number of hydrogen-bond acceptors (Lipinski definition) is 3. The van der Waals surface area contributed by atoms with Gasteiger partial charge in [0, 0.05) is 13.0 Å². The second-order valence-electron chi connectivity index (χ2n) is 3.44. The number of aryl methyl sites for hydroxylation is 1. The second-order valence-corrected chi connectivity index (χ2v) is 4.30. The van der Waals surface area contributed by atoms with Crippen molar-refractivity contribution < 1.29 is 4.79 Å². The van der Waals surface area contributed by atoms with Crippen molar-refractivity contribution in [3.8, 4) is 12.3 Å². The van der Waals surface area contributed by atoms with Crippen molar-refractivity contribution in [1.82, 2.24) is 9.78 Å². The largest absolute Gasteiger partial charge is 0.320 e. The first kappa shape index (κ1) is 12.9. The number of terminal acetylenes is 1. The average molecular weight is 284 g/mol. The van der Waals surface area contributed by atoms with Gasteiger partial charge < -0.3 is 5.73 Å². The summed E-state index contributed by atoms with van der Waals surface area (Å²) in [6, 6.07) is -0.659. The molecule has 16 heavy (non-hydrogen) atoms. The van der Waals surface area contributed by atoms with E-state index in [1.807, 2.05) is 6.92 Å². The molecule has 0 saturated heterocycles. The number of rotatable bonds is 5. The lowest BCUT2D eigenvalue weighted by Crippen LogP contribution is -2.32. The van der Waals surface area contributed by atoms with Crippen molar-refractivity contribution >= 4 is 21.7 Å². The van der Waals surface area contributed by atoms with Crippen molar-refractivity contribution in [3.05, 3.63) is 16.4 Å². The molecule has 0 radical (unpaired) electrons. The Hall–Kier alpha value is -1.12. The molecule has 1 aromatic heterocycles. The lowest BCUT2D eigenvalue weighted by molar-refractivity contribution is 0.0951. The van der Waals surface area contributed by atoms with Crippen molar-refractivity contribution in [2.45, 2.75) is 32.4 Å². The predicted octanol–water partition coefficient (Wildman–Crippen LogP) is 1.59. The van der Waals surface area contributed by atoms with E-state index in [9.17, 15) is 4.79 Å². The summed E-state index contributed by atoms with van der Waals surface area (Å²) in [4.78, 5) is 12.0. The molecular formula is C11H14BrN3O. The minimum Gasteiger partial charge on any atom is -0.320 e. The number of carbonyl (C=O) groups is 1. The van der Waals surface area contributed by atoms with E-state index in [1.54, 1.807) is 10.9 Å². The van der Waals surface area contributed by atoms with E-state index in [-0.39, 0.29) is 12.2 Å². The summed E-state index contributed by atoms with van der Waals surface area (Å²) in [6.45, 7) is 2.71. The molecular weight excluding hydrogens is 270 g/mol. The Kier molecular flexibility index (Phi) is 4.71. The van der Waals surface area contributed by atoms with Gasteiger partial charge in [-0.3, -0.25) is 9.48 Å². The van der Waals surface area contributed by atoms with Crippen LogP contribution in [-0.4, -0.2) is 21.6 Å². The minimum absolute atomic E-state index is 0.171. The average Bonchev–Trinajstić information content (AvgIpc) is 2.60. The molecule has 0 aromatic carbocycles. The predicted molar refractivity (Wildman–Crippen MR) is 66.0 cm³/mol. The summed E-state index contributed by atoms with van der Waals surface area (Å²) in [5.41, 5.74) is 6.20. The number of nitrogens with zero attached hydrogens (tertiary/aromatic N) is 2. The molecule has 2 N–H and O–H groups in total. The Balaban J connectivity index is 2.98. The lowest BCUT2D eigenvalue weighted by atomic mass is 10.1. The van der Waals surface area contributed by atoms with E-state index in [2.05, 4.69) is 26.9 Å². The molecule has 86 valence electrons. The number of Topliss-reactive ketones (excluding diaryl/α,β-unsaturated/α-hetero) is 1. The third-order valence-corrected chi connectivity index (χ3v) is 2.72. The zero-order valence-corrected chi connectivity index (χ0v) is 10.7. The topological polar surface area (TPSA) is 60.9 Å². The molecule has 0 fully saturated rings. The molecule has 1 rings (SSSR count). The first-order valence-corrected chi connectivity index (χ1v) is 5.85. The van der Waals surface area contributed by atoms with Crippen molar-refractivity contribution in [1.29, 1.82) is 0 Å². The highest BCUT2D eigenvalue weighted by molar-refractivity contribution is 9.10. The van der Waals surface area contributed by atoms with Gasteiger partial charge in [0.05, 0.1) is 16.7 Å². The summed E-state index contributed by atoms with van der Waals surface area (Å²) < 4.78 is 2.32. The maximum atomic E-state index is 12.0. The Labute approximate surface area is 103 Å². The molecule has 0 amide bonds. The normalized spacial score (nSPS) is 12.1. The SMILES string of the molecule is C#CCC(N)C(=O)c1c(Br)cnn1CCC. The van der Waals surface area contributed by atoms with Crippen LogP contribution in [0.4, 0.5) is 0 Å². The van der Waals surface area contributed by atoms with Crippen LogP contribution in [-0.2, 0) is 6.54 Å². The van der Waals surface area contributed by atoms with Gasteiger partial charge in [-0.2, -0.15) is 5.10 Å². The molecule has 1 atom stereocenters. The fraction of sp³-hybridized carbons (Fsp3) is 0.455. The fourth-order valence-corrected chi connectivity index (χ4v) is 1.88. The van der Waals surface area contributed by atoms with Crippen LogP contribution in [0.15, 0.2) is 10.7 Å². The number of carbonyl (C=O) groups excluding carboxylic acids is 1. The Morgan fingerprint density at radius 3 is 3.06 bits per heavy atom. The third kappa shape index (κ3) is 2.71. The van der Waals surface area contributed by atoms with Gasteiger partial charge in [0.2, 0.25) is 0 Å².